The molecule has 7 heteroatoms. The molecule has 1 heterocycles. The Kier molecular flexibility index (Phi) is 5.16. The van der Waals surface area contributed by atoms with E-state index >= 15 is 0 Å². The molecule has 0 aromatic heterocycles. The lowest BCUT2D eigenvalue weighted by Crippen LogP contribution is -2.41. The van der Waals surface area contributed by atoms with Crippen LogP contribution in [0.25, 0.3) is 0 Å². The van der Waals surface area contributed by atoms with Crippen molar-refractivity contribution in [3.63, 3.8) is 0 Å². The molecule has 0 N–H and O–H groups in total. The van der Waals surface area contributed by atoms with Crippen LogP contribution in [-0.4, -0.2) is 41.9 Å². The minimum atomic E-state index is -0.425. The summed E-state index contributed by atoms with van der Waals surface area (Å²) >= 11 is 0. The summed E-state index contributed by atoms with van der Waals surface area (Å²) in [5.41, 5.74) is 1.82. The highest BCUT2D eigenvalue weighted by Gasteiger charge is 2.25. The zero-order valence-corrected chi connectivity index (χ0v) is 13.4. The lowest BCUT2D eigenvalue weighted by Gasteiger charge is -2.26. The van der Waals surface area contributed by atoms with E-state index in [4.69, 9.17) is 5.26 Å². The second-order valence-corrected chi connectivity index (χ2v) is 5.70. The molecular weight excluding hydrogens is 296 g/mol. The van der Waals surface area contributed by atoms with Crippen LogP contribution < -0.4 is 4.90 Å². The monoisotopic (exact) mass is 316 g/mol. The molecular formula is C16H20N4O3. The van der Waals surface area contributed by atoms with Crippen molar-refractivity contribution in [3.05, 3.63) is 33.9 Å². The van der Waals surface area contributed by atoms with Gasteiger partial charge in [0.25, 0.3) is 5.69 Å². The zero-order valence-electron chi connectivity index (χ0n) is 13.4. The molecule has 0 bridgehead atoms. The Labute approximate surface area is 135 Å². The predicted octanol–water partition coefficient (Wildman–Crippen LogP) is 1.97. The fourth-order valence-corrected chi connectivity index (χ4v) is 2.75. The lowest BCUT2D eigenvalue weighted by molar-refractivity contribution is -0.384. The maximum atomic E-state index is 12.5. The number of anilines is 1. The maximum absolute atomic E-state index is 12.5. The van der Waals surface area contributed by atoms with Crippen LogP contribution in [-0.2, 0) is 11.2 Å². The molecule has 0 spiro atoms. The summed E-state index contributed by atoms with van der Waals surface area (Å²) in [5.74, 6) is -0.278. The van der Waals surface area contributed by atoms with Gasteiger partial charge in [-0.25, -0.2) is 0 Å². The molecule has 0 saturated carbocycles. The van der Waals surface area contributed by atoms with E-state index in [9.17, 15) is 14.9 Å². The minimum absolute atomic E-state index is 0.0357. The fraction of sp³-hybridized carbons (Fsp3) is 0.500. The number of carbonyl (C=O) groups excluding carboxylic acids is 1. The number of carbonyl (C=O) groups is 1. The van der Waals surface area contributed by atoms with Crippen LogP contribution in [0.2, 0.25) is 0 Å². The number of hydrogen-bond donors (Lipinski definition) is 0. The molecule has 122 valence electrons. The van der Waals surface area contributed by atoms with Gasteiger partial charge in [0.2, 0.25) is 5.91 Å². The second kappa shape index (κ2) is 7.09. The number of rotatable bonds is 6. The number of fused-ring (bicyclic) bond motifs is 1. The van der Waals surface area contributed by atoms with E-state index in [2.05, 4.69) is 6.07 Å². The summed E-state index contributed by atoms with van der Waals surface area (Å²) in [7, 11) is 0. The van der Waals surface area contributed by atoms with E-state index in [1.807, 2.05) is 11.8 Å². The van der Waals surface area contributed by atoms with Gasteiger partial charge in [0.15, 0.2) is 0 Å². The van der Waals surface area contributed by atoms with Gasteiger partial charge in [-0.3, -0.25) is 14.9 Å². The lowest BCUT2D eigenvalue weighted by atomic mass is 10.1. The van der Waals surface area contributed by atoms with Gasteiger partial charge in [-0.15, -0.1) is 0 Å². The van der Waals surface area contributed by atoms with Crippen LogP contribution in [0.4, 0.5) is 11.4 Å². The molecule has 1 aromatic carbocycles. The van der Waals surface area contributed by atoms with Crippen molar-refractivity contribution in [1.29, 1.82) is 5.26 Å². The molecule has 0 aliphatic carbocycles. The highest BCUT2D eigenvalue weighted by Crippen LogP contribution is 2.31. The van der Waals surface area contributed by atoms with Crippen LogP contribution >= 0.6 is 0 Å². The zero-order chi connectivity index (χ0) is 17.0. The van der Waals surface area contributed by atoms with E-state index in [0.717, 1.165) is 17.7 Å². The van der Waals surface area contributed by atoms with Gasteiger partial charge in [0, 0.05) is 37.5 Å². The first-order valence-electron chi connectivity index (χ1n) is 7.66. The second-order valence-electron chi connectivity index (χ2n) is 5.70. The molecule has 1 aliphatic rings. The summed E-state index contributed by atoms with van der Waals surface area (Å²) in [5, 5.41) is 19.8. The molecule has 0 radical (unpaired) electrons. The summed E-state index contributed by atoms with van der Waals surface area (Å²) in [4.78, 5) is 26.5. The van der Waals surface area contributed by atoms with Crippen molar-refractivity contribution in [3.8, 4) is 6.07 Å². The van der Waals surface area contributed by atoms with Gasteiger partial charge in [0.05, 0.1) is 23.5 Å². The Hall–Kier alpha value is -2.62. The first-order valence-corrected chi connectivity index (χ1v) is 7.66. The number of non-ortho nitro benzene ring substituents is 1. The maximum Gasteiger partial charge on any atom is 0.271 e. The molecule has 0 fully saturated rings. The van der Waals surface area contributed by atoms with Crippen molar-refractivity contribution in [2.24, 2.45) is 5.92 Å². The van der Waals surface area contributed by atoms with Gasteiger partial charge in [-0.1, -0.05) is 6.07 Å². The quantitative estimate of drug-likeness (QED) is 0.591. The topological polar surface area (TPSA) is 90.5 Å². The number of nitro groups is 1. The van der Waals surface area contributed by atoms with Crippen molar-refractivity contribution in [2.45, 2.75) is 20.3 Å². The molecule has 0 saturated heterocycles. The Morgan fingerprint density at radius 1 is 1.57 bits per heavy atom. The van der Waals surface area contributed by atoms with Crippen molar-refractivity contribution in [1.82, 2.24) is 4.90 Å². The first kappa shape index (κ1) is 16.7. The smallest absolute Gasteiger partial charge is 0.271 e. The average molecular weight is 316 g/mol. The summed E-state index contributed by atoms with van der Waals surface area (Å²) in [6.07, 6.45) is 0.779. The molecule has 1 aromatic rings. The van der Waals surface area contributed by atoms with Crippen molar-refractivity contribution >= 4 is 17.3 Å². The van der Waals surface area contributed by atoms with Crippen LogP contribution in [0.15, 0.2) is 18.2 Å². The molecule has 23 heavy (non-hydrogen) atoms. The number of nitriles is 1. The summed E-state index contributed by atoms with van der Waals surface area (Å²) in [6, 6.07) is 6.92. The Morgan fingerprint density at radius 2 is 2.30 bits per heavy atom. The molecule has 2 rings (SSSR count). The third kappa shape index (κ3) is 3.77. The molecule has 1 amide bonds. The fourth-order valence-electron chi connectivity index (χ4n) is 2.75. The number of likely N-dealkylation sites (N-methyl/N-ethyl adjacent to an activating group) is 1. The normalized spacial score (nSPS) is 14.0. The first-order chi connectivity index (χ1) is 11.0. The van der Waals surface area contributed by atoms with Gasteiger partial charge >= 0.3 is 0 Å². The predicted molar refractivity (Wildman–Crippen MR) is 86.0 cm³/mol. The SMILES string of the molecule is CCN(C[C@@H](C)C#N)C(=O)CN1CCc2ccc([N+](=O)[O-])cc21. The van der Waals surface area contributed by atoms with Crippen molar-refractivity contribution < 1.29 is 9.72 Å². The van der Waals surface area contributed by atoms with E-state index < -0.39 is 4.92 Å². The number of nitro benzene ring substituents is 1. The third-order valence-corrected chi connectivity index (χ3v) is 4.05. The Bertz CT molecular complexity index is 653. The van der Waals surface area contributed by atoms with Crippen LogP contribution in [0.1, 0.15) is 19.4 Å². The van der Waals surface area contributed by atoms with Gasteiger partial charge in [0.1, 0.15) is 0 Å². The van der Waals surface area contributed by atoms with Gasteiger partial charge in [-0.2, -0.15) is 5.26 Å². The van der Waals surface area contributed by atoms with E-state index in [1.165, 1.54) is 12.1 Å². The average Bonchev–Trinajstić information content (AvgIpc) is 2.94. The Balaban J connectivity index is 2.11. The highest BCUT2D eigenvalue weighted by atomic mass is 16.6. The summed E-state index contributed by atoms with van der Waals surface area (Å²) in [6.45, 7) is 5.46. The van der Waals surface area contributed by atoms with Gasteiger partial charge in [-0.05, 0) is 25.8 Å². The number of benzene rings is 1. The van der Waals surface area contributed by atoms with Crippen LogP contribution in [0.3, 0.4) is 0 Å². The largest absolute Gasteiger partial charge is 0.361 e. The number of amides is 1. The van der Waals surface area contributed by atoms with E-state index in [0.29, 0.717) is 19.6 Å². The standard InChI is InChI=1S/C16H20N4O3/c1-3-18(10-12(2)9-17)16(21)11-19-7-6-13-4-5-14(20(22)23)8-15(13)19/h4-5,8,12H,3,6-7,10-11H2,1-2H3/t12-/m0/s1. The highest BCUT2D eigenvalue weighted by molar-refractivity contribution is 5.82. The number of hydrogen-bond acceptors (Lipinski definition) is 5. The Morgan fingerprint density at radius 3 is 2.91 bits per heavy atom. The van der Waals surface area contributed by atoms with Crippen LogP contribution in [0.5, 0.6) is 0 Å². The van der Waals surface area contributed by atoms with Crippen LogP contribution in [0, 0.1) is 27.4 Å². The third-order valence-electron chi connectivity index (χ3n) is 4.05. The van der Waals surface area contributed by atoms with Crippen molar-refractivity contribution in [2.75, 3.05) is 31.1 Å². The van der Waals surface area contributed by atoms with E-state index in [-0.39, 0.29) is 24.1 Å². The molecule has 0 unspecified atom stereocenters. The van der Waals surface area contributed by atoms with Gasteiger partial charge < -0.3 is 9.80 Å². The van der Waals surface area contributed by atoms with E-state index in [1.54, 1.807) is 17.9 Å². The molecule has 1 aliphatic heterocycles. The molecule has 7 nitrogen and oxygen atoms in total. The number of nitrogens with zero attached hydrogens (tertiary/aromatic N) is 4. The summed E-state index contributed by atoms with van der Waals surface area (Å²) < 4.78 is 0. The molecule has 1 atom stereocenters. The minimum Gasteiger partial charge on any atom is -0.361 e.